The maximum atomic E-state index is 13.5. The zero-order valence-corrected chi connectivity index (χ0v) is 10.2. The Morgan fingerprint density at radius 1 is 1.53 bits per heavy atom. The Morgan fingerprint density at radius 2 is 2.18 bits per heavy atom. The maximum absolute atomic E-state index is 13.5. The first kappa shape index (κ1) is 13.6. The number of carbonyl (C=O) groups excluding carboxylic acids is 1. The van der Waals surface area contributed by atoms with Gasteiger partial charge < -0.3 is 9.84 Å². The number of hydrogen-bond donors (Lipinski definition) is 1. The van der Waals surface area contributed by atoms with E-state index in [4.69, 9.17) is 0 Å². The fourth-order valence-electron chi connectivity index (χ4n) is 1.61. The van der Waals surface area contributed by atoms with Gasteiger partial charge in [0.05, 0.1) is 7.11 Å². The van der Waals surface area contributed by atoms with Gasteiger partial charge in [0.25, 0.3) is 0 Å². The van der Waals surface area contributed by atoms with E-state index in [1.807, 2.05) is 0 Å². The van der Waals surface area contributed by atoms with Crippen molar-refractivity contribution in [1.82, 2.24) is 0 Å². The molecule has 94 valence electrons. The van der Waals surface area contributed by atoms with E-state index in [1.165, 1.54) is 21.0 Å². The van der Waals surface area contributed by atoms with Gasteiger partial charge >= 0.3 is 5.97 Å². The van der Waals surface area contributed by atoms with Gasteiger partial charge in [-0.1, -0.05) is 24.3 Å². The van der Waals surface area contributed by atoms with E-state index in [1.54, 1.807) is 24.3 Å². The molecule has 0 bridgehead atoms. The fraction of sp³-hybridized carbons (Fsp3) is 0.462. The van der Waals surface area contributed by atoms with Crippen LogP contribution in [0.2, 0.25) is 0 Å². The number of benzene rings is 1. The largest absolute Gasteiger partial charge is 0.467 e. The van der Waals surface area contributed by atoms with Crippen LogP contribution in [0.15, 0.2) is 24.3 Å². The SMILES string of the molecule is COC(=O)C(O)c1cccc(CC(C)(C)F)c1. The maximum Gasteiger partial charge on any atom is 0.339 e. The Kier molecular flexibility index (Phi) is 4.23. The Hall–Kier alpha value is -1.42. The van der Waals surface area contributed by atoms with Crippen molar-refractivity contribution < 1.29 is 19.0 Å². The molecule has 0 aliphatic heterocycles. The van der Waals surface area contributed by atoms with E-state index in [2.05, 4.69) is 4.74 Å². The van der Waals surface area contributed by atoms with Crippen LogP contribution in [-0.4, -0.2) is 23.9 Å². The van der Waals surface area contributed by atoms with Crippen LogP contribution in [0, 0.1) is 0 Å². The normalized spacial score (nSPS) is 13.2. The third kappa shape index (κ3) is 4.15. The fourth-order valence-corrected chi connectivity index (χ4v) is 1.61. The summed E-state index contributed by atoms with van der Waals surface area (Å²) in [7, 11) is 1.21. The highest BCUT2D eigenvalue weighted by Crippen LogP contribution is 2.20. The number of methoxy groups -OCH3 is 1. The van der Waals surface area contributed by atoms with Crippen molar-refractivity contribution >= 4 is 5.97 Å². The van der Waals surface area contributed by atoms with Crippen molar-refractivity contribution in [2.75, 3.05) is 7.11 Å². The molecule has 0 radical (unpaired) electrons. The molecule has 0 aliphatic rings. The van der Waals surface area contributed by atoms with Gasteiger partial charge in [0.2, 0.25) is 0 Å². The molecule has 0 saturated heterocycles. The van der Waals surface area contributed by atoms with Crippen LogP contribution < -0.4 is 0 Å². The zero-order chi connectivity index (χ0) is 13.1. The minimum Gasteiger partial charge on any atom is -0.467 e. The molecule has 1 rings (SSSR count). The molecular weight excluding hydrogens is 223 g/mol. The van der Waals surface area contributed by atoms with Gasteiger partial charge in [0, 0.05) is 6.42 Å². The molecule has 1 N–H and O–H groups in total. The summed E-state index contributed by atoms with van der Waals surface area (Å²) in [4.78, 5) is 11.2. The van der Waals surface area contributed by atoms with E-state index in [0.717, 1.165) is 5.56 Å². The van der Waals surface area contributed by atoms with Crippen molar-refractivity contribution in [1.29, 1.82) is 0 Å². The van der Waals surface area contributed by atoms with E-state index < -0.39 is 17.7 Å². The summed E-state index contributed by atoms with van der Waals surface area (Å²) in [5, 5.41) is 9.64. The van der Waals surface area contributed by atoms with Gasteiger partial charge in [-0.05, 0) is 25.0 Å². The minimum atomic E-state index is -1.32. The van der Waals surface area contributed by atoms with E-state index >= 15 is 0 Å². The summed E-state index contributed by atoms with van der Waals surface area (Å²) in [6, 6.07) is 6.66. The Balaban J connectivity index is 2.89. The highest BCUT2D eigenvalue weighted by molar-refractivity contribution is 5.76. The van der Waals surface area contributed by atoms with Crippen LogP contribution in [0.1, 0.15) is 31.1 Å². The number of ether oxygens (including phenoxy) is 1. The topological polar surface area (TPSA) is 46.5 Å². The second-order valence-electron chi connectivity index (χ2n) is 4.57. The van der Waals surface area contributed by atoms with Crippen molar-refractivity contribution in [2.24, 2.45) is 0 Å². The highest BCUT2D eigenvalue weighted by atomic mass is 19.1. The Bertz CT molecular complexity index is 396. The van der Waals surface area contributed by atoms with Crippen molar-refractivity contribution in [3.05, 3.63) is 35.4 Å². The Morgan fingerprint density at radius 3 is 2.71 bits per heavy atom. The minimum absolute atomic E-state index is 0.231. The summed E-state index contributed by atoms with van der Waals surface area (Å²) in [5.41, 5.74) is -0.175. The number of carbonyl (C=O) groups is 1. The van der Waals surface area contributed by atoms with Crippen molar-refractivity contribution in [3.8, 4) is 0 Å². The molecule has 0 spiro atoms. The molecule has 0 fully saturated rings. The lowest BCUT2D eigenvalue weighted by Crippen LogP contribution is -2.17. The van der Waals surface area contributed by atoms with Crippen LogP contribution in [0.5, 0.6) is 0 Å². The van der Waals surface area contributed by atoms with E-state index in [-0.39, 0.29) is 6.42 Å². The van der Waals surface area contributed by atoms with Crippen LogP contribution in [0.3, 0.4) is 0 Å². The lowest BCUT2D eigenvalue weighted by atomic mass is 9.97. The summed E-state index contributed by atoms with van der Waals surface area (Å²) in [5.74, 6) is -0.721. The summed E-state index contributed by atoms with van der Waals surface area (Å²) in [6.07, 6.45) is -1.09. The molecule has 1 atom stereocenters. The van der Waals surface area contributed by atoms with Crippen LogP contribution in [-0.2, 0) is 16.0 Å². The smallest absolute Gasteiger partial charge is 0.339 e. The molecule has 1 aromatic rings. The van der Waals surface area contributed by atoms with Gasteiger partial charge in [-0.15, -0.1) is 0 Å². The first-order chi connectivity index (χ1) is 7.83. The average molecular weight is 240 g/mol. The van der Waals surface area contributed by atoms with Crippen LogP contribution in [0.4, 0.5) is 4.39 Å². The third-order valence-electron chi connectivity index (χ3n) is 2.32. The number of rotatable bonds is 4. The molecule has 0 aliphatic carbocycles. The third-order valence-corrected chi connectivity index (χ3v) is 2.32. The molecule has 0 amide bonds. The molecule has 0 aromatic heterocycles. The number of hydrogen-bond acceptors (Lipinski definition) is 3. The van der Waals surface area contributed by atoms with Gasteiger partial charge in [0.1, 0.15) is 5.67 Å². The molecule has 0 saturated carbocycles. The summed E-state index contributed by atoms with van der Waals surface area (Å²) in [6.45, 7) is 2.97. The van der Waals surface area contributed by atoms with E-state index in [9.17, 15) is 14.3 Å². The summed E-state index contributed by atoms with van der Waals surface area (Å²) < 4.78 is 17.9. The Labute approximate surface area is 100 Å². The number of esters is 1. The predicted octanol–water partition coefficient (Wildman–Crippen LogP) is 2.18. The standard InChI is InChI=1S/C13H17FO3/c1-13(2,14)8-9-5-4-6-10(7-9)11(15)12(16)17-3/h4-7,11,15H,8H2,1-3H3. The molecular formula is C13H17FO3. The quantitative estimate of drug-likeness (QED) is 0.820. The predicted molar refractivity (Wildman–Crippen MR) is 62.3 cm³/mol. The molecule has 0 heterocycles. The molecule has 17 heavy (non-hydrogen) atoms. The first-order valence-corrected chi connectivity index (χ1v) is 5.37. The van der Waals surface area contributed by atoms with Gasteiger partial charge in [-0.3, -0.25) is 0 Å². The van der Waals surface area contributed by atoms with Crippen molar-refractivity contribution in [3.63, 3.8) is 0 Å². The molecule has 3 nitrogen and oxygen atoms in total. The van der Waals surface area contributed by atoms with Gasteiger partial charge in [0.15, 0.2) is 6.10 Å². The lowest BCUT2D eigenvalue weighted by Gasteiger charge is -2.15. The van der Waals surface area contributed by atoms with E-state index in [0.29, 0.717) is 5.56 Å². The van der Waals surface area contributed by atoms with Crippen LogP contribution in [0.25, 0.3) is 0 Å². The van der Waals surface area contributed by atoms with Crippen molar-refractivity contribution in [2.45, 2.75) is 32.0 Å². The first-order valence-electron chi connectivity index (χ1n) is 5.37. The summed E-state index contributed by atoms with van der Waals surface area (Å²) >= 11 is 0. The second-order valence-corrected chi connectivity index (χ2v) is 4.57. The lowest BCUT2D eigenvalue weighted by molar-refractivity contribution is -0.150. The highest BCUT2D eigenvalue weighted by Gasteiger charge is 2.20. The molecule has 4 heteroatoms. The van der Waals surface area contributed by atoms with Crippen LogP contribution >= 0.6 is 0 Å². The number of aliphatic hydroxyl groups is 1. The monoisotopic (exact) mass is 240 g/mol. The molecule has 1 aromatic carbocycles. The number of aliphatic hydroxyl groups excluding tert-OH is 1. The van der Waals surface area contributed by atoms with Gasteiger partial charge in [-0.2, -0.15) is 0 Å². The molecule has 1 unspecified atom stereocenters. The van der Waals surface area contributed by atoms with Gasteiger partial charge in [-0.25, -0.2) is 9.18 Å². The number of alkyl halides is 1. The average Bonchev–Trinajstić information content (AvgIpc) is 2.25. The second kappa shape index (κ2) is 5.27. The zero-order valence-electron chi connectivity index (χ0n) is 10.2. The number of halogens is 1.